The molecule has 1 aliphatic heterocycles. The number of hydrogen-bond donors (Lipinski definition) is 2. The summed E-state index contributed by atoms with van der Waals surface area (Å²) in [6.45, 7) is 0.0307. The highest BCUT2D eigenvalue weighted by Crippen LogP contribution is 2.39. The first-order valence-electron chi connectivity index (χ1n) is 7.61. The second-order valence-electron chi connectivity index (χ2n) is 5.79. The van der Waals surface area contributed by atoms with Gasteiger partial charge in [-0.25, -0.2) is 9.18 Å². The van der Waals surface area contributed by atoms with Crippen LogP contribution in [-0.4, -0.2) is 22.6 Å². The topological polar surface area (TPSA) is 72.5 Å². The van der Waals surface area contributed by atoms with Crippen molar-refractivity contribution in [2.75, 3.05) is 17.2 Å². The van der Waals surface area contributed by atoms with Gasteiger partial charge in [-0.15, -0.1) is 0 Å². The molecule has 126 valence electrons. The third-order valence-electron chi connectivity index (χ3n) is 4.09. The van der Waals surface area contributed by atoms with E-state index in [1.54, 1.807) is 11.8 Å². The highest BCUT2D eigenvalue weighted by atomic mass is 32.2. The molecule has 6 heteroatoms. The van der Waals surface area contributed by atoms with Crippen LogP contribution in [0.4, 0.5) is 10.1 Å². The first-order valence-corrected chi connectivity index (χ1v) is 8.76. The maximum atomic E-state index is 14.9. The maximum Gasteiger partial charge on any atom is 0.343 e. The number of nitrogen functional groups attached to an aromatic ring is 1. The normalized spacial score (nSPS) is 20.1. The first-order chi connectivity index (χ1) is 11.5. The third kappa shape index (κ3) is 3.25. The second kappa shape index (κ2) is 6.83. The van der Waals surface area contributed by atoms with Crippen LogP contribution in [0.3, 0.4) is 0 Å². The van der Waals surface area contributed by atoms with E-state index in [1.807, 2.05) is 30.3 Å². The quantitative estimate of drug-likeness (QED) is 0.657. The SMILES string of the molecule is Nc1ccc(C2(O)CCSC2)c(F)c1C(=O)OCc1ccccc1. The van der Waals surface area contributed by atoms with Gasteiger partial charge in [-0.1, -0.05) is 36.4 Å². The average Bonchev–Trinajstić information content (AvgIpc) is 3.01. The molecule has 0 bridgehead atoms. The van der Waals surface area contributed by atoms with Crippen molar-refractivity contribution >= 4 is 23.4 Å². The second-order valence-corrected chi connectivity index (χ2v) is 6.89. The Hall–Kier alpha value is -2.05. The Kier molecular flexibility index (Phi) is 4.78. The number of rotatable bonds is 4. The van der Waals surface area contributed by atoms with Gasteiger partial charge in [0.1, 0.15) is 23.6 Å². The summed E-state index contributed by atoms with van der Waals surface area (Å²) in [6.07, 6.45) is 0.441. The fraction of sp³-hybridized carbons (Fsp3) is 0.278. The lowest BCUT2D eigenvalue weighted by molar-refractivity contribution is 0.0461. The van der Waals surface area contributed by atoms with E-state index in [1.165, 1.54) is 12.1 Å². The van der Waals surface area contributed by atoms with Crippen LogP contribution in [0.5, 0.6) is 0 Å². The Morgan fingerprint density at radius 1 is 1.29 bits per heavy atom. The molecule has 1 aliphatic rings. The summed E-state index contributed by atoms with van der Waals surface area (Å²) in [5.74, 6) is -0.483. The van der Waals surface area contributed by atoms with Crippen molar-refractivity contribution in [1.29, 1.82) is 0 Å². The molecule has 1 unspecified atom stereocenters. The monoisotopic (exact) mass is 347 g/mol. The van der Waals surface area contributed by atoms with Crippen molar-refractivity contribution in [3.05, 3.63) is 65.0 Å². The van der Waals surface area contributed by atoms with E-state index in [4.69, 9.17) is 10.5 Å². The van der Waals surface area contributed by atoms with E-state index in [9.17, 15) is 14.3 Å². The molecule has 1 saturated heterocycles. The van der Waals surface area contributed by atoms with Gasteiger partial charge in [0.25, 0.3) is 0 Å². The number of anilines is 1. The molecule has 3 rings (SSSR count). The molecule has 2 aromatic carbocycles. The fourth-order valence-electron chi connectivity index (χ4n) is 2.72. The number of carbonyl (C=O) groups excluding carboxylic acids is 1. The van der Waals surface area contributed by atoms with Crippen LogP contribution in [0.15, 0.2) is 42.5 Å². The number of nitrogens with two attached hydrogens (primary N) is 1. The molecular weight excluding hydrogens is 329 g/mol. The molecule has 24 heavy (non-hydrogen) atoms. The molecule has 0 spiro atoms. The van der Waals surface area contributed by atoms with Gasteiger partial charge < -0.3 is 15.6 Å². The molecule has 1 heterocycles. The van der Waals surface area contributed by atoms with Gasteiger partial charge in [0, 0.05) is 17.0 Å². The fourth-order valence-corrected chi connectivity index (χ4v) is 3.98. The number of benzene rings is 2. The zero-order chi connectivity index (χ0) is 17.2. The minimum absolute atomic E-state index is 0.00330. The smallest absolute Gasteiger partial charge is 0.343 e. The van der Waals surface area contributed by atoms with Crippen molar-refractivity contribution in [3.63, 3.8) is 0 Å². The standard InChI is InChI=1S/C18H18FNO3S/c19-16-13(18(22)8-9-24-11-18)6-7-14(20)15(16)17(21)23-10-12-4-2-1-3-5-12/h1-7,22H,8-11,20H2. The zero-order valence-electron chi connectivity index (χ0n) is 13.0. The lowest BCUT2D eigenvalue weighted by Crippen LogP contribution is -2.27. The Morgan fingerprint density at radius 2 is 2.04 bits per heavy atom. The number of thioether (sulfide) groups is 1. The lowest BCUT2D eigenvalue weighted by Gasteiger charge is -2.23. The molecule has 4 nitrogen and oxygen atoms in total. The van der Waals surface area contributed by atoms with Crippen LogP contribution in [0.2, 0.25) is 0 Å². The number of carbonyl (C=O) groups is 1. The largest absolute Gasteiger partial charge is 0.457 e. The summed E-state index contributed by atoms with van der Waals surface area (Å²) in [5.41, 5.74) is 5.10. The van der Waals surface area contributed by atoms with E-state index in [2.05, 4.69) is 0 Å². The maximum absolute atomic E-state index is 14.9. The van der Waals surface area contributed by atoms with E-state index < -0.39 is 17.4 Å². The Bertz CT molecular complexity index is 745. The predicted octanol–water partition coefficient (Wildman–Crippen LogP) is 3.09. The highest BCUT2D eigenvalue weighted by molar-refractivity contribution is 7.99. The van der Waals surface area contributed by atoms with E-state index in [0.29, 0.717) is 12.2 Å². The molecule has 1 atom stereocenters. The molecule has 0 saturated carbocycles. The van der Waals surface area contributed by atoms with Crippen LogP contribution in [0.25, 0.3) is 0 Å². The minimum atomic E-state index is -1.27. The van der Waals surface area contributed by atoms with Crippen molar-refractivity contribution < 1.29 is 19.0 Å². The number of hydrogen-bond acceptors (Lipinski definition) is 5. The number of esters is 1. The number of halogens is 1. The summed E-state index contributed by atoms with van der Waals surface area (Å²) < 4.78 is 20.0. The third-order valence-corrected chi connectivity index (χ3v) is 5.27. The number of ether oxygens (including phenoxy) is 1. The number of aliphatic hydroxyl groups is 1. The zero-order valence-corrected chi connectivity index (χ0v) is 13.8. The minimum Gasteiger partial charge on any atom is -0.457 e. The van der Waals surface area contributed by atoms with Gasteiger partial charge in [0.2, 0.25) is 0 Å². The molecule has 0 aliphatic carbocycles. The highest BCUT2D eigenvalue weighted by Gasteiger charge is 2.38. The van der Waals surface area contributed by atoms with Gasteiger partial charge in [-0.3, -0.25) is 0 Å². The molecule has 3 N–H and O–H groups in total. The van der Waals surface area contributed by atoms with E-state index in [-0.39, 0.29) is 23.4 Å². The molecule has 0 aromatic heterocycles. The Balaban J connectivity index is 1.85. The van der Waals surface area contributed by atoms with Gasteiger partial charge in [-0.2, -0.15) is 11.8 Å². The van der Waals surface area contributed by atoms with Crippen LogP contribution in [-0.2, 0) is 16.9 Å². The lowest BCUT2D eigenvalue weighted by atomic mass is 9.90. The van der Waals surface area contributed by atoms with Crippen LogP contribution in [0, 0.1) is 5.82 Å². The van der Waals surface area contributed by atoms with Gasteiger partial charge >= 0.3 is 5.97 Å². The van der Waals surface area contributed by atoms with Gasteiger partial charge in [0.05, 0.1) is 0 Å². The summed E-state index contributed by atoms with van der Waals surface area (Å²) in [4.78, 5) is 12.3. The predicted molar refractivity (Wildman–Crippen MR) is 92.2 cm³/mol. The molecular formula is C18H18FNO3S. The first kappa shape index (κ1) is 16.8. The summed E-state index contributed by atoms with van der Waals surface area (Å²) >= 11 is 1.55. The van der Waals surface area contributed by atoms with Crippen molar-refractivity contribution in [2.24, 2.45) is 0 Å². The van der Waals surface area contributed by atoms with Crippen molar-refractivity contribution in [1.82, 2.24) is 0 Å². The van der Waals surface area contributed by atoms with Crippen LogP contribution in [0.1, 0.15) is 27.9 Å². The molecule has 1 fully saturated rings. The molecule has 0 amide bonds. The Labute approximate surface area is 143 Å². The van der Waals surface area contributed by atoms with Crippen molar-refractivity contribution in [2.45, 2.75) is 18.6 Å². The summed E-state index contributed by atoms with van der Waals surface area (Å²) in [6, 6.07) is 12.0. The average molecular weight is 347 g/mol. The van der Waals surface area contributed by atoms with Gasteiger partial charge in [0.15, 0.2) is 0 Å². The molecule has 2 aromatic rings. The van der Waals surface area contributed by atoms with E-state index in [0.717, 1.165) is 11.3 Å². The van der Waals surface area contributed by atoms with Gasteiger partial charge in [-0.05, 0) is 23.8 Å². The van der Waals surface area contributed by atoms with E-state index >= 15 is 0 Å². The van der Waals surface area contributed by atoms with Crippen LogP contribution >= 0.6 is 11.8 Å². The Morgan fingerprint density at radius 3 is 2.71 bits per heavy atom. The molecule has 0 radical (unpaired) electrons. The summed E-state index contributed by atoms with van der Waals surface area (Å²) in [5, 5.41) is 10.6. The van der Waals surface area contributed by atoms with Crippen molar-refractivity contribution in [3.8, 4) is 0 Å². The van der Waals surface area contributed by atoms with Crippen LogP contribution < -0.4 is 5.73 Å². The summed E-state index contributed by atoms with van der Waals surface area (Å²) in [7, 11) is 0.